The van der Waals surface area contributed by atoms with Crippen molar-refractivity contribution in [3.63, 3.8) is 0 Å². The number of hydrogen-bond acceptors (Lipinski definition) is 5. The minimum Gasteiger partial charge on any atom is -0.491 e. The summed E-state index contributed by atoms with van der Waals surface area (Å²) >= 11 is 0. The first-order valence-corrected chi connectivity index (χ1v) is 6.16. The molecule has 2 atom stereocenters. The highest BCUT2D eigenvalue weighted by atomic mass is 16.5. The van der Waals surface area contributed by atoms with Crippen LogP contribution in [0.4, 0.5) is 0 Å². The molecule has 1 aromatic carbocycles. The average molecular weight is 261 g/mol. The molecule has 5 heteroatoms. The van der Waals surface area contributed by atoms with E-state index >= 15 is 0 Å². The van der Waals surface area contributed by atoms with E-state index in [0.717, 1.165) is 19.4 Å². The number of carbonyl (C=O) groups excluding carboxylic acids is 1. The standard InChI is InChI=1S/C14H15NO4/c15-8-14(19-10-16)11-3-5-12(6-4-11)18-9-13-2-1-7-17-13/h3-6,10,13-14H,1-2,7,9H2. The number of carbonyl (C=O) groups is 1. The summed E-state index contributed by atoms with van der Waals surface area (Å²) in [4.78, 5) is 10.3. The zero-order valence-electron chi connectivity index (χ0n) is 10.5. The molecule has 0 aliphatic carbocycles. The Labute approximate surface area is 111 Å². The highest BCUT2D eigenvalue weighted by Gasteiger charge is 2.16. The third-order valence-corrected chi connectivity index (χ3v) is 2.95. The van der Waals surface area contributed by atoms with Crippen molar-refractivity contribution in [2.24, 2.45) is 0 Å². The zero-order chi connectivity index (χ0) is 13.5. The molecular weight excluding hydrogens is 246 g/mol. The van der Waals surface area contributed by atoms with Crippen molar-refractivity contribution in [3.8, 4) is 11.8 Å². The van der Waals surface area contributed by atoms with Crippen LogP contribution in [0.3, 0.4) is 0 Å². The number of ether oxygens (including phenoxy) is 3. The predicted octanol–water partition coefficient (Wildman–Crippen LogP) is 1.98. The van der Waals surface area contributed by atoms with E-state index in [9.17, 15) is 4.79 Å². The van der Waals surface area contributed by atoms with Crippen molar-refractivity contribution in [3.05, 3.63) is 29.8 Å². The van der Waals surface area contributed by atoms with E-state index in [1.807, 2.05) is 6.07 Å². The molecule has 5 nitrogen and oxygen atoms in total. The van der Waals surface area contributed by atoms with Crippen LogP contribution < -0.4 is 4.74 Å². The Morgan fingerprint density at radius 2 is 2.26 bits per heavy atom. The van der Waals surface area contributed by atoms with Gasteiger partial charge in [0.1, 0.15) is 18.4 Å². The van der Waals surface area contributed by atoms with Gasteiger partial charge in [-0.3, -0.25) is 4.79 Å². The van der Waals surface area contributed by atoms with Gasteiger partial charge in [0.05, 0.1) is 6.10 Å². The van der Waals surface area contributed by atoms with Gasteiger partial charge in [-0.05, 0) is 25.0 Å². The smallest absolute Gasteiger partial charge is 0.294 e. The predicted molar refractivity (Wildman–Crippen MR) is 66.4 cm³/mol. The minimum absolute atomic E-state index is 0.171. The van der Waals surface area contributed by atoms with Crippen LogP contribution in [0, 0.1) is 11.3 Å². The average Bonchev–Trinajstić information content (AvgIpc) is 2.96. The van der Waals surface area contributed by atoms with Gasteiger partial charge in [-0.1, -0.05) is 12.1 Å². The summed E-state index contributed by atoms with van der Waals surface area (Å²) in [7, 11) is 0. The van der Waals surface area contributed by atoms with Crippen LogP contribution in [0.25, 0.3) is 0 Å². The molecule has 1 heterocycles. The van der Waals surface area contributed by atoms with Gasteiger partial charge in [0.15, 0.2) is 0 Å². The van der Waals surface area contributed by atoms with Crippen LogP contribution >= 0.6 is 0 Å². The van der Waals surface area contributed by atoms with Gasteiger partial charge in [-0.2, -0.15) is 5.26 Å². The van der Waals surface area contributed by atoms with E-state index in [4.69, 9.17) is 14.7 Å². The lowest BCUT2D eigenvalue weighted by Gasteiger charge is -2.12. The molecule has 19 heavy (non-hydrogen) atoms. The Morgan fingerprint density at radius 1 is 1.47 bits per heavy atom. The van der Waals surface area contributed by atoms with Gasteiger partial charge in [-0.15, -0.1) is 0 Å². The lowest BCUT2D eigenvalue weighted by atomic mass is 10.1. The van der Waals surface area contributed by atoms with Gasteiger partial charge in [0.25, 0.3) is 6.47 Å². The highest BCUT2D eigenvalue weighted by molar-refractivity contribution is 5.40. The molecular formula is C14H15NO4. The normalized spacial score (nSPS) is 19.4. The quantitative estimate of drug-likeness (QED) is 0.732. The van der Waals surface area contributed by atoms with Crippen LogP contribution in [0.5, 0.6) is 5.75 Å². The molecule has 0 N–H and O–H groups in total. The van der Waals surface area contributed by atoms with Gasteiger partial charge in [0.2, 0.25) is 6.10 Å². The summed E-state index contributed by atoms with van der Waals surface area (Å²) in [5.41, 5.74) is 0.624. The van der Waals surface area contributed by atoms with Crippen LogP contribution in [-0.4, -0.2) is 25.8 Å². The summed E-state index contributed by atoms with van der Waals surface area (Å²) in [6.45, 7) is 1.61. The van der Waals surface area contributed by atoms with Crippen LogP contribution in [0.1, 0.15) is 24.5 Å². The molecule has 1 saturated heterocycles. The lowest BCUT2D eigenvalue weighted by molar-refractivity contribution is -0.131. The van der Waals surface area contributed by atoms with Crippen molar-refractivity contribution in [2.45, 2.75) is 25.0 Å². The second kappa shape index (κ2) is 6.76. The maximum atomic E-state index is 10.3. The fraction of sp³-hybridized carbons (Fsp3) is 0.429. The van der Waals surface area contributed by atoms with Gasteiger partial charge in [-0.25, -0.2) is 0 Å². The summed E-state index contributed by atoms with van der Waals surface area (Å²) in [6.07, 6.45) is 1.41. The largest absolute Gasteiger partial charge is 0.491 e. The summed E-state index contributed by atoms with van der Waals surface area (Å²) < 4.78 is 15.7. The highest BCUT2D eigenvalue weighted by Crippen LogP contribution is 2.20. The summed E-state index contributed by atoms with van der Waals surface area (Å²) in [5, 5.41) is 8.85. The Bertz CT molecular complexity index is 446. The van der Waals surface area contributed by atoms with Crippen LogP contribution in [0.2, 0.25) is 0 Å². The molecule has 0 aromatic heterocycles. The Balaban J connectivity index is 1.90. The SMILES string of the molecule is N#CC(OC=O)c1ccc(OCC2CCCO2)cc1. The fourth-order valence-electron chi connectivity index (χ4n) is 1.94. The molecule has 0 amide bonds. The molecule has 0 radical (unpaired) electrons. The first-order chi connectivity index (χ1) is 9.33. The van der Waals surface area contributed by atoms with E-state index < -0.39 is 6.10 Å². The van der Waals surface area contributed by atoms with E-state index in [0.29, 0.717) is 17.9 Å². The minimum atomic E-state index is -0.871. The Morgan fingerprint density at radius 3 is 2.84 bits per heavy atom. The van der Waals surface area contributed by atoms with E-state index in [2.05, 4.69) is 4.74 Å². The molecule has 2 unspecified atom stereocenters. The van der Waals surface area contributed by atoms with Crippen LogP contribution in [-0.2, 0) is 14.3 Å². The maximum Gasteiger partial charge on any atom is 0.294 e. The Kier molecular flexibility index (Phi) is 4.76. The van der Waals surface area contributed by atoms with Gasteiger partial charge >= 0.3 is 0 Å². The van der Waals surface area contributed by atoms with E-state index in [1.165, 1.54) is 0 Å². The second-order valence-electron chi connectivity index (χ2n) is 4.26. The Hall–Kier alpha value is -2.06. The van der Waals surface area contributed by atoms with Crippen molar-refractivity contribution in [1.29, 1.82) is 5.26 Å². The lowest BCUT2D eigenvalue weighted by Crippen LogP contribution is -2.16. The summed E-state index contributed by atoms with van der Waals surface area (Å²) in [5.74, 6) is 0.710. The fourth-order valence-corrected chi connectivity index (χ4v) is 1.94. The number of rotatable bonds is 6. The molecule has 2 rings (SSSR count). The third-order valence-electron chi connectivity index (χ3n) is 2.95. The first kappa shape index (κ1) is 13.4. The number of nitriles is 1. The third kappa shape index (κ3) is 3.70. The topological polar surface area (TPSA) is 68.5 Å². The first-order valence-electron chi connectivity index (χ1n) is 6.16. The molecule has 1 aromatic rings. The molecule has 1 aliphatic heterocycles. The van der Waals surface area contributed by atoms with Crippen molar-refractivity contribution in [1.82, 2.24) is 0 Å². The van der Waals surface area contributed by atoms with Crippen molar-refractivity contribution < 1.29 is 19.0 Å². The molecule has 100 valence electrons. The van der Waals surface area contributed by atoms with Gasteiger partial charge in [0, 0.05) is 12.2 Å². The number of hydrogen-bond donors (Lipinski definition) is 0. The van der Waals surface area contributed by atoms with E-state index in [1.54, 1.807) is 24.3 Å². The van der Waals surface area contributed by atoms with Crippen LogP contribution in [0.15, 0.2) is 24.3 Å². The van der Waals surface area contributed by atoms with Crippen molar-refractivity contribution in [2.75, 3.05) is 13.2 Å². The number of nitrogens with zero attached hydrogens (tertiary/aromatic N) is 1. The van der Waals surface area contributed by atoms with Gasteiger partial charge < -0.3 is 14.2 Å². The molecule has 0 spiro atoms. The maximum absolute atomic E-state index is 10.3. The number of benzene rings is 1. The van der Waals surface area contributed by atoms with Crippen molar-refractivity contribution >= 4 is 6.47 Å². The molecule has 0 bridgehead atoms. The zero-order valence-corrected chi connectivity index (χ0v) is 10.5. The summed E-state index contributed by atoms with van der Waals surface area (Å²) in [6, 6.07) is 8.83. The second-order valence-corrected chi connectivity index (χ2v) is 4.26. The monoisotopic (exact) mass is 261 g/mol. The van der Waals surface area contributed by atoms with E-state index in [-0.39, 0.29) is 12.6 Å². The molecule has 1 fully saturated rings. The molecule has 0 saturated carbocycles. The molecule has 1 aliphatic rings.